The molecule has 5 heteroatoms. The maximum atomic E-state index is 11.4. The van der Waals surface area contributed by atoms with E-state index in [1.807, 2.05) is 25.1 Å². The number of halogens is 1. The minimum Gasteiger partial charge on any atom is -0.393 e. The fraction of sp³-hybridized carbons (Fsp3) is 0.273. The highest BCUT2D eigenvalue weighted by atomic mass is 35.5. The molecule has 0 radical (unpaired) electrons. The number of nitrogens with two attached hydrogens (primary N) is 1. The summed E-state index contributed by atoms with van der Waals surface area (Å²) in [6.45, 7) is 1.86. The summed E-state index contributed by atoms with van der Waals surface area (Å²) in [6.07, 6.45) is 0.0596. The molecule has 1 atom stereocenters. The van der Waals surface area contributed by atoms with Crippen molar-refractivity contribution in [3.05, 3.63) is 34.9 Å². The third kappa shape index (κ3) is 3.79. The highest BCUT2D eigenvalue weighted by Gasteiger charge is 2.12. The van der Waals surface area contributed by atoms with Crippen LogP contribution >= 0.6 is 23.8 Å². The van der Waals surface area contributed by atoms with Gasteiger partial charge in [0.2, 0.25) is 5.91 Å². The second-order valence-corrected chi connectivity index (χ2v) is 4.39. The van der Waals surface area contributed by atoms with E-state index in [4.69, 9.17) is 17.3 Å². The molecule has 0 aromatic heterocycles. The van der Waals surface area contributed by atoms with Gasteiger partial charge in [0.1, 0.15) is 0 Å². The first-order valence-corrected chi connectivity index (χ1v) is 5.61. The first-order chi connectivity index (χ1) is 7.50. The molecule has 3 nitrogen and oxygen atoms in total. The van der Waals surface area contributed by atoms with Crippen molar-refractivity contribution >= 4 is 34.7 Å². The van der Waals surface area contributed by atoms with Crippen molar-refractivity contribution in [3.63, 3.8) is 0 Å². The number of thiocarbonyl (C=S) groups is 1. The van der Waals surface area contributed by atoms with Crippen molar-refractivity contribution in [2.75, 3.05) is 0 Å². The third-order valence-electron chi connectivity index (χ3n) is 2.08. The molecule has 16 heavy (non-hydrogen) atoms. The lowest BCUT2D eigenvalue weighted by atomic mass is 10.1. The van der Waals surface area contributed by atoms with Gasteiger partial charge in [0.15, 0.2) is 0 Å². The maximum Gasteiger partial charge on any atom is 0.227 e. The lowest BCUT2D eigenvalue weighted by Crippen LogP contribution is -2.30. The molecule has 0 aliphatic heterocycles. The highest BCUT2D eigenvalue weighted by molar-refractivity contribution is 7.80. The first-order valence-electron chi connectivity index (χ1n) is 4.83. The Bertz CT molecular complexity index is 409. The van der Waals surface area contributed by atoms with Crippen molar-refractivity contribution in [3.8, 4) is 0 Å². The van der Waals surface area contributed by atoms with Gasteiger partial charge in [-0.2, -0.15) is 0 Å². The normalized spacial score (nSPS) is 11.9. The second kappa shape index (κ2) is 5.82. The monoisotopic (exact) mass is 256 g/mol. The van der Waals surface area contributed by atoms with Gasteiger partial charge < -0.3 is 11.1 Å². The summed E-state index contributed by atoms with van der Waals surface area (Å²) in [4.78, 5) is 11.6. The van der Waals surface area contributed by atoms with Gasteiger partial charge in [0, 0.05) is 5.02 Å². The lowest BCUT2D eigenvalue weighted by Gasteiger charge is -2.15. The van der Waals surface area contributed by atoms with E-state index >= 15 is 0 Å². The molecule has 0 aliphatic rings. The Morgan fingerprint density at radius 2 is 2.19 bits per heavy atom. The minimum atomic E-state index is -0.195. The predicted molar refractivity (Wildman–Crippen MR) is 69.4 cm³/mol. The zero-order chi connectivity index (χ0) is 12.1. The van der Waals surface area contributed by atoms with Crippen LogP contribution in [0.2, 0.25) is 5.02 Å². The van der Waals surface area contributed by atoms with E-state index in [1.165, 1.54) is 0 Å². The van der Waals surface area contributed by atoms with Gasteiger partial charge in [0.05, 0.1) is 17.5 Å². The zero-order valence-corrected chi connectivity index (χ0v) is 10.4. The van der Waals surface area contributed by atoms with Crippen LogP contribution in [0.15, 0.2) is 24.3 Å². The van der Waals surface area contributed by atoms with E-state index < -0.39 is 0 Å². The van der Waals surface area contributed by atoms with Crippen molar-refractivity contribution in [2.24, 2.45) is 5.73 Å². The number of amides is 1. The molecule has 0 heterocycles. The zero-order valence-electron chi connectivity index (χ0n) is 8.87. The van der Waals surface area contributed by atoms with Gasteiger partial charge in [-0.1, -0.05) is 42.0 Å². The Morgan fingerprint density at radius 1 is 1.56 bits per heavy atom. The van der Waals surface area contributed by atoms with Gasteiger partial charge in [0.25, 0.3) is 0 Å². The molecule has 1 rings (SSSR count). The predicted octanol–water partition coefficient (Wildman–Crippen LogP) is 2.19. The number of carbonyl (C=O) groups excluding carboxylic acids is 1. The Labute approximate surface area is 105 Å². The lowest BCUT2D eigenvalue weighted by molar-refractivity contribution is -0.120. The van der Waals surface area contributed by atoms with Gasteiger partial charge in [-0.25, -0.2) is 0 Å². The second-order valence-electron chi connectivity index (χ2n) is 3.45. The van der Waals surface area contributed by atoms with Crippen LogP contribution in [-0.4, -0.2) is 10.9 Å². The number of carbonyl (C=O) groups is 1. The third-order valence-corrected chi connectivity index (χ3v) is 2.57. The summed E-state index contributed by atoms with van der Waals surface area (Å²) < 4.78 is 0. The molecule has 86 valence electrons. The topological polar surface area (TPSA) is 55.1 Å². The van der Waals surface area contributed by atoms with E-state index in [0.29, 0.717) is 5.02 Å². The Balaban J connectivity index is 2.66. The summed E-state index contributed by atoms with van der Waals surface area (Å²) in [5.41, 5.74) is 6.16. The molecule has 0 bridgehead atoms. The maximum absolute atomic E-state index is 11.4. The molecule has 1 unspecified atom stereocenters. The van der Waals surface area contributed by atoms with E-state index in [-0.39, 0.29) is 23.4 Å². The van der Waals surface area contributed by atoms with Crippen LogP contribution in [0.5, 0.6) is 0 Å². The molecule has 0 spiro atoms. The SMILES string of the molecule is CC(NC(=O)CC(N)=S)c1ccccc1Cl. The molecule has 0 saturated heterocycles. The molecule has 1 amide bonds. The Hall–Kier alpha value is -1.13. The number of nitrogens with one attached hydrogen (secondary N) is 1. The molecular formula is C11H13ClN2OS. The number of hydrogen-bond acceptors (Lipinski definition) is 2. The Kier molecular flexibility index (Phi) is 4.71. The summed E-state index contributed by atoms with van der Waals surface area (Å²) in [5, 5.41) is 3.41. The number of benzene rings is 1. The molecule has 0 aliphatic carbocycles. The van der Waals surface area contributed by atoms with E-state index in [0.717, 1.165) is 5.56 Å². The van der Waals surface area contributed by atoms with Crippen LogP contribution in [0.25, 0.3) is 0 Å². The van der Waals surface area contributed by atoms with Crippen LogP contribution in [0.4, 0.5) is 0 Å². The van der Waals surface area contributed by atoms with Crippen molar-refractivity contribution in [2.45, 2.75) is 19.4 Å². The van der Waals surface area contributed by atoms with Crippen LogP contribution in [0, 0.1) is 0 Å². The van der Waals surface area contributed by atoms with Crippen molar-refractivity contribution in [1.29, 1.82) is 0 Å². The van der Waals surface area contributed by atoms with Gasteiger partial charge >= 0.3 is 0 Å². The van der Waals surface area contributed by atoms with Crippen LogP contribution in [0.3, 0.4) is 0 Å². The Morgan fingerprint density at radius 3 is 2.75 bits per heavy atom. The summed E-state index contributed by atoms with van der Waals surface area (Å²) in [6, 6.07) is 7.21. The summed E-state index contributed by atoms with van der Waals surface area (Å²) in [5.74, 6) is -0.195. The molecule has 0 fully saturated rings. The van der Waals surface area contributed by atoms with Crippen LogP contribution < -0.4 is 11.1 Å². The summed E-state index contributed by atoms with van der Waals surface area (Å²) >= 11 is 10.7. The highest BCUT2D eigenvalue weighted by Crippen LogP contribution is 2.21. The van der Waals surface area contributed by atoms with Crippen molar-refractivity contribution in [1.82, 2.24) is 5.32 Å². The van der Waals surface area contributed by atoms with Gasteiger partial charge in [-0.3, -0.25) is 4.79 Å². The molecule has 3 N–H and O–H groups in total. The molecule has 0 saturated carbocycles. The standard InChI is InChI=1S/C11H13ClN2OS/c1-7(14-11(15)6-10(13)16)8-4-2-3-5-9(8)12/h2-5,7H,6H2,1H3,(H2,13,16)(H,14,15). The smallest absolute Gasteiger partial charge is 0.227 e. The fourth-order valence-corrected chi connectivity index (χ4v) is 1.79. The van der Waals surface area contributed by atoms with Crippen molar-refractivity contribution < 1.29 is 4.79 Å². The van der Waals surface area contributed by atoms with Crippen LogP contribution in [-0.2, 0) is 4.79 Å². The van der Waals surface area contributed by atoms with Crippen LogP contribution in [0.1, 0.15) is 24.9 Å². The fourth-order valence-electron chi connectivity index (χ4n) is 1.35. The minimum absolute atomic E-state index is 0.0596. The largest absolute Gasteiger partial charge is 0.393 e. The number of rotatable bonds is 4. The van der Waals surface area contributed by atoms with E-state index in [2.05, 4.69) is 17.5 Å². The number of hydrogen-bond donors (Lipinski definition) is 2. The molecule has 1 aromatic carbocycles. The van der Waals surface area contributed by atoms with E-state index in [1.54, 1.807) is 6.07 Å². The average Bonchev–Trinajstić information content (AvgIpc) is 2.16. The molecular weight excluding hydrogens is 244 g/mol. The van der Waals surface area contributed by atoms with E-state index in [9.17, 15) is 4.79 Å². The average molecular weight is 257 g/mol. The first kappa shape index (κ1) is 12.9. The quantitative estimate of drug-likeness (QED) is 0.812. The summed E-state index contributed by atoms with van der Waals surface area (Å²) in [7, 11) is 0. The van der Waals surface area contributed by atoms with Gasteiger partial charge in [-0.05, 0) is 18.6 Å². The molecule has 1 aromatic rings. The van der Waals surface area contributed by atoms with Gasteiger partial charge in [-0.15, -0.1) is 0 Å².